The van der Waals surface area contributed by atoms with E-state index >= 15 is 0 Å². The van der Waals surface area contributed by atoms with E-state index in [0.29, 0.717) is 11.5 Å². The van der Waals surface area contributed by atoms with Crippen LogP contribution in [0, 0.1) is 13.8 Å². The molecule has 1 aliphatic rings. The van der Waals surface area contributed by atoms with Crippen LogP contribution in [0.3, 0.4) is 0 Å². The largest absolute Gasteiger partial charge is 0.489 e. The van der Waals surface area contributed by atoms with Gasteiger partial charge in [0.25, 0.3) is 5.91 Å². The highest BCUT2D eigenvalue weighted by molar-refractivity contribution is 7.12. The zero-order valence-corrected chi connectivity index (χ0v) is 17.3. The fourth-order valence-electron chi connectivity index (χ4n) is 3.64. The van der Waals surface area contributed by atoms with E-state index in [9.17, 15) is 18.0 Å². The van der Waals surface area contributed by atoms with E-state index in [4.69, 9.17) is 4.74 Å². The molecule has 0 saturated heterocycles. The van der Waals surface area contributed by atoms with Crippen LogP contribution in [0.1, 0.15) is 38.8 Å². The predicted molar refractivity (Wildman–Crippen MR) is 108 cm³/mol. The predicted octanol–water partition coefficient (Wildman–Crippen LogP) is 5.29. The van der Waals surface area contributed by atoms with Crippen LogP contribution >= 0.6 is 11.3 Å². The van der Waals surface area contributed by atoms with E-state index in [2.05, 4.69) is 11.2 Å². The van der Waals surface area contributed by atoms with Crippen LogP contribution in [0.15, 0.2) is 41.9 Å². The highest BCUT2D eigenvalue weighted by Crippen LogP contribution is 2.39. The van der Waals surface area contributed by atoms with E-state index in [-0.39, 0.29) is 24.7 Å². The number of thiophene rings is 1. The number of anilines is 1. The number of fused-ring (bicyclic) bond motifs is 1. The number of carbonyl (C=O) groups is 1. The van der Waals surface area contributed by atoms with E-state index < -0.39 is 12.2 Å². The summed E-state index contributed by atoms with van der Waals surface area (Å²) in [5, 5.41) is 5.63. The quantitative estimate of drug-likeness (QED) is 0.559. The number of alkyl halides is 3. The minimum atomic E-state index is -4.41. The molecule has 0 N–H and O–H groups in total. The smallest absolute Gasteiger partial charge is 0.410 e. The Kier molecular flexibility index (Phi) is 5.31. The molecule has 0 radical (unpaired) electrons. The van der Waals surface area contributed by atoms with Crippen molar-refractivity contribution in [3.05, 3.63) is 63.5 Å². The van der Waals surface area contributed by atoms with Gasteiger partial charge < -0.3 is 4.74 Å². The molecule has 4 rings (SSSR count). The van der Waals surface area contributed by atoms with Crippen molar-refractivity contribution >= 4 is 23.1 Å². The maximum atomic E-state index is 13.3. The van der Waals surface area contributed by atoms with Crippen molar-refractivity contribution in [3.63, 3.8) is 0 Å². The number of halogens is 3. The van der Waals surface area contributed by atoms with Crippen LogP contribution < -0.4 is 9.64 Å². The number of nitrogens with zero attached hydrogens (tertiary/aromatic N) is 3. The number of aromatic nitrogens is 2. The molecule has 1 aliphatic heterocycles. The highest BCUT2D eigenvalue weighted by atomic mass is 32.1. The molecule has 0 spiro atoms. The molecular weight excluding hydrogens is 415 g/mol. The lowest BCUT2D eigenvalue weighted by Crippen LogP contribution is -2.42. The van der Waals surface area contributed by atoms with Gasteiger partial charge in [0.2, 0.25) is 0 Å². The number of carbonyl (C=O) groups excluding carboxylic acids is 1. The maximum Gasteiger partial charge on any atom is 0.410 e. The molecule has 1 amide bonds. The lowest BCUT2D eigenvalue weighted by molar-refractivity contribution is -0.172. The SMILES string of the molecule is Cc1cc(C)cc(OCc2csc(C(=O)N3CCC(C(F)(F)F)n4nccc43)c2)c1. The molecule has 1 atom stereocenters. The summed E-state index contributed by atoms with van der Waals surface area (Å²) in [6.45, 7) is 4.28. The van der Waals surface area contributed by atoms with Crippen molar-refractivity contribution in [1.29, 1.82) is 0 Å². The van der Waals surface area contributed by atoms with Crippen LogP contribution in [0.4, 0.5) is 19.0 Å². The van der Waals surface area contributed by atoms with E-state index in [1.807, 2.05) is 31.4 Å². The number of benzene rings is 1. The number of hydrogen-bond donors (Lipinski definition) is 0. The van der Waals surface area contributed by atoms with Gasteiger partial charge in [-0.25, -0.2) is 4.68 Å². The minimum Gasteiger partial charge on any atom is -0.489 e. The van der Waals surface area contributed by atoms with Crippen molar-refractivity contribution in [2.75, 3.05) is 11.4 Å². The molecule has 2 aromatic heterocycles. The second kappa shape index (κ2) is 7.79. The Hall–Kier alpha value is -2.81. The molecule has 0 fully saturated rings. The number of amides is 1. The van der Waals surface area contributed by atoms with Gasteiger partial charge in [0.05, 0.1) is 11.1 Å². The first kappa shape index (κ1) is 20.5. The van der Waals surface area contributed by atoms with Gasteiger partial charge in [0, 0.05) is 18.2 Å². The summed E-state index contributed by atoms with van der Waals surface area (Å²) < 4.78 is 46.5. The van der Waals surface area contributed by atoms with Crippen molar-refractivity contribution in [2.45, 2.75) is 39.1 Å². The van der Waals surface area contributed by atoms with Crippen LogP contribution in [-0.4, -0.2) is 28.4 Å². The Morgan fingerprint density at radius 2 is 1.97 bits per heavy atom. The minimum absolute atomic E-state index is 0.0129. The third kappa shape index (κ3) is 4.07. The van der Waals surface area contributed by atoms with E-state index in [1.165, 1.54) is 28.5 Å². The number of hydrogen-bond acceptors (Lipinski definition) is 4. The molecule has 1 aromatic carbocycles. The average Bonchev–Trinajstić information content (AvgIpc) is 3.33. The third-order valence-electron chi connectivity index (χ3n) is 4.94. The van der Waals surface area contributed by atoms with E-state index in [0.717, 1.165) is 27.1 Å². The Balaban J connectivity index is 1.48. The third-order valence-corrected chi connectivity index (χ3v) is 5.90. The molecule has 158 valence electrons. The van der Waals surface area contributed by atoms with Gasteiger partial charge >= 0.3 is 6.18 Å². The number of aryl methyl sites for hydroxylation is 2. The molecule has 30 heavy (non-hydrogen) atoms. The highest BCUT2D eigenvalue weighted by Gasteiger charge is 2.45. The van der Waals surface area contributed by atoms with Gasteiger partial charge in [0.1, 0.15) is 18.2 Å². The van der Waals surface area contributed by atoms with Crippen molar-refractivity contribution in [2.24, 2.45) is 0 Å². The van der Waals surface area contributed by atoms with Crippen LogP contribution in [0.2, 0.25) is 0 Å². The first-order valence-electron chi connectivity index (χ1n) is 9.43. The first-order valence-corrected chi connectivity index (χ1v) is 10.3. The molecule has 9 heteroatoms. The monoisotopic (exact) mass is 435 g/mol. The second-order valence-corrected chi connectivity index (χ2v) is 8.28. The summed E-state index contributed by atoms with van der Waals surface area (Å²) >= 11 is 1.25. The Morgan fingerprint density at radius 3 is 2.67 bits per heavy atom. The van der Waals surface area contributed by atoms with Crippen LogP contribution in [0.25, 0.3) is 0 Å². The first-order chi connectivity index (χ1) is 14.2. The second-order valence-electron chi connectivity index (χ2n) is 7.37. The molecule has 0 aliphatic carbocycles. The summed E-state index contributed by atoms with van der Waals surface area (Å²) in [5.41, 5.74) is 3.04. The van der Waals surface area contributed by atoms with Crippen molar-refractivity contribution < 1.29 is 22.7 Å². The Bertz CT molecular complexity index is 1050. The molecule has 1 unspecified atom stereocenters. The fraction of sp³-hybridized carbons (Fsp3) is 0.333. The van der Waals surface area contributed by atoms with Gasteiger partial charge in [0.15, 0.2) is 6.04 Å². The summed E-state index contributed by atoms with van der Waals surface area (Å²) in [6.07, 6.45) is -3.34. The zero-order chi connectivity index (χ0) is 21.5. The summed E-state index contributed by atoms with van der Waals surface area (Å²) in [6, 6.07) is 7.40. The van der Waals surface area contributed by atoms with Crippen LogP contribution in [-0.2, 0) is 6.61 Å². The van der Waals surface area contributed by atoms with Crippen molar-refractivity contribution in [3.8, 4) is 5.75 Å². The van der Waals surface area contributed by atoms with E-state index in [1.54, 1.807) is 6.07 Å². The summed E-state index contributed by atoms with van der Waals surface area (Å²) in [4.78, 5) is 14.8. The van der Waals surface area contributed by atoms with Gasteiger partial charge in [-0.3, -0.25) is 9.69 Å². The number of ether oxygens (including phenoxy) is 1. The Morgan fingerprint density at radius 1 is 1.23 bits per heavy atom. The average molecular weight is 435 g/mol. The number of rotatable bonds is 4. The molecule has 0 bridgehead atoms. The molecule has 0 saturated carbocycles. The van der Waals surface area contributed by atoms with Crippen LogP contribution in [0.5, 0.6) is 5.75 Å². The lowest BCUT2D eigenvalue weighted by Gasteiger charge is -2.33. The van der Waals surface area contributed by atoms with Gasteiger partial charge in [-0.15, -0.1) is 11.3 Å². The standard InChI is InChI=1S/C21H20F3N3O2S/c1-13-7-14(2)9-16(8-13)29-11-15-10-17(30-12-15)20(28)26-6-4-18(21(22,23)24)27-19(26)3-5-25-27/h3,5,7-10,12,18H,4,6,11H2,1-2H3. The fourth-order valence-corrected chi connectivity index (χ4v) is 4.48. The summed E-state index contributed by atoms with van der Waals surface area (Å²) in [5.74, 6) is 0.583. The zero-order valence-electron chi connectivity index (χ0n) is 16.4. The normalized spacial score (nSPS) is 16.4. The van der Waals surface area contributed by atoms with Gasteiger partial charge in [-0.05, 0) is 55.0 Å². The topological polar surface area (TPSA) is 47.4 Å². The molecular formula is C21H20F3N3O2S. The lowest BCUT2D eigenvalue weighted by atomic mass is 10.1. The van der Waals surface area contributed by atoms with Crippen molar-refractivity contribution in [1.82, 2.24) is 9.78 Å². The molecule has 3 aromatic rings. The molecule has 3 heterocycles. The maximum absolute atomic E-state index is 13.3. The van der Waals surface area contributed by atoms with Gasteiger partial charge in [-0.1, -0.05) is 6.07 Å². The molecule has 5 nitrogen and oxygen atoms in total. The van der Waals surface area contributed by atoms with Gasteiger partial charge in [-0.2, -0.15) is 18.3 Å². The summed E-state index contributed by atoms with van der Waals surface area (Å²) in [7, 11) is 0. The Labute approximate surface area is 175 Å².